The second kappa shape index (κ2) is 12.4. The molecule has 40 heavy (non-hydrogen) atoms. The van der Waals surface area contributed by atoms with E-state index in [0.29, 0.717) is 44.9 Å². The first kappa shape index (κ1) is 28.1. The molecule has 1 N–H and O–H groups in total. The molecule has 1 amide bonds. The number of halogens is 2. The molecule has 8 nitrogen and oxygen atoms in total. The molecule has 0 radical (unpaired) electrons. The van der Waals surface area contributed by atoms with Crippen molar-refractivity contribution in [3.05, 3.63) is 107 Å². The second-order valence-electron chi connectivity index (χ2n) is 8.56. The van der Waals surface area contributed by atoms with Gasteiger partial charge >= 0.3 is 0 Å². The Morgan fingerprint density at radius 2 is 1.90 bits per heavy atom. The molecular formula is C29H21BrIN3O5S. The molecule has 1 aliphatic heterocycles. The van der Waals surface area contributed by atoms with E-state index in [2.05, 4.69) is 73.1 Å². The molecule has 0 unspecified atom stereocenters. The van der Waals surface area contributed by atoms with Gasteiger partial charge in [-0.3, -0.25) is 14.9 Å². The summed E-state index contributed by atoms with van der Waals surface area (Å²) in [5, 5.41) is 16.4. The van der Waals surface area contributed by atoms with E-state index in [4.69, 9.17) is 9.47 Å². The molecule has 1 saturated heterocycles. The van der Waals surface area contributed by atoms with Crippen molar-refractivity contribution < 1.29 is 19.2 Å². The van der Waals surface area contributed by atoms with Gasteiger partial charge in [-0.2, -0.15) is 0 Å². The lowest BCUT2D eigenvalue weighted by molar-refractivity contribution is -0.384. The number of benzene rings is 4. The third-order valence-electron chi connectivity index (χ3n) is 5.90. The minimum absolute atomic E-state index is 0.0521. The maximum atomic E-state index is 12.7. The highest BCUT2D eigenvalue weighted by molar-refractivity contribution is 14.1. The van der Waals surface area contributed by atoms with E-state index in [1.807, 2.05) is 37.3 Å². The van der Waals surface area contributed by atoms with E-state index in [1.165, 1.54) is 30.0 Å². The van der Waals surface area contributed by atoms with Crippen LogP contribution in [0.5, 0.6) is 11.5 Å². The van der Waals surface area contributed by atoms with Crippen LogP contribution in [0.1, 0.15) is 18.1 Å². The summed E-state index contributed by atoms with van der Waals surface area (Å²) in [7, 11) is 0. The molecule has 0 saturated carbocycles. The molecule has 1 heterocycles. The Morgan fingerprint density at radius 3 is 2.67 bits per heavy atom. The molecule has 0 atom stereocenters. The van der Waals surface area contributed by atoms with Gasteiger partial charge in [-0.1, -0.05) is 42.5 Å². The van der Waals surface area contributed by atoms with Gasteiger partial charge in [-0.25, -0.2) is 4.99 Å². The number of non-ortho nitro benzene ring substituents is 1. The van der Waals surface area contributed by atoms with Crippen LogP contribution in [0.15, 0.2) is 87.2 Å². The summed E-state index contributed by atoms with van der Waals surface area (Å²) in [4.78, 5) is 28.1. The SMILES string of the molecule is CCOc1cc(/C=C2/SC(=Nc3ccc([N+](=O)[O-])cc3Br)NC2=O)cc(I)c1OCc1cccc2ccccc12. The van der Waals surface area contributed by atoms with Gasteiger partial charge in [-0.05, 0) is 103 Å². The Bertz CT molecular complexity index is 1700. The fourth-order valence-corrected chi connectivity index (χ4v) is 6.16. The zero-order valence-corrected chi connectivity index (χ0v) is 25.6. The van der Waals surface area contributed by atoms with Crippen molar-refractivity contribution in [1.29, 1.82) is 0 Å². The highest BCUT2D eigenvalue weighted by Crippen LogP contribution is 2.38. The number of ether oxygens (including phenoxy) is 2. The van der Waals surface area contributed by atoms with Crippen molar-refractivity contribution in [3.8, 4) is 11.5 Å². The number of nitrogens with zero attached hydrogens (tertiary/aromatic N) is 2. The number of hydrogen-bond donors (Lipinski definition) is 1. The standard InChI is InChI=1S/C29H21BrIN3O5S/c1-2-38-25-13-17(12-23(31)27(25)39-16-19-8-5-7-18-6-3-4-9-21(18)19)14-26-28(35)33-29(40-26)32-24-11-10-20(34(36)37)15-22(24)30/h3-15H,2,16H2,1H3,(H,32,33,35)/b26-14+. The van der Waals surface area contributed by atoms with Crippen LogP contribution in [0.2, 0.25) is 0 Å². The third-order valence-corrected chi connectivity index (χ3v) is 8.24. The van der Waals surface area contributed by atoms with Crippen LogP contribution >= 0.6 is 50.3 Å². The van der Waals surface area contributed by atoms with Crippen LogP contribution in [0.25, 0.3) is 16.8 Å². The van der Waals surface area contributed by atoms with E-state index in [0.717, 1.165) is 25.5 Å². The van der Waals surface area contributed by atoms with Gasteiger partial charge in [0.2, 0.25) is 0 Å². The Kier molecular flexibility index (Phi) is 8.72. The molecular weight excluding hydrogens is 709 g/mol. The lowest BCUT2D eigenvalue weighted by atomic mass is 10.1. The van der Waals surface area contributed by atoms with Crippen molar-refractivity contribution in [1.82, 2.24) is 5.32 Å². The minimum atomic E-state index is -0.480. The van der Waals surface area contributed by atoms with Gasteiger partial charge in [0, 0.05) is 12.1 Å². The molecule has 202 valence electrons. The zero-order valence-electron chi connectivity index (χ0n) is 21.0. The predicted octanol–water partition coefficient (Wildman–Crippen LogP) is 7.98. The van der Waals surface area contributed by atoms with E-state index in [1.54, 1.807) is 6.08 Å². The molecule has 11 heteroatoms. The number of carbonyl (C=O) groups excluding carboxylic acids is 1. The first-order valence-corrected chi connectivity index (χ1v) is 14.8. The van der Waals surface area contributed by atoms with Gasteiger partial charge < -0.3 is 14.8 Å². The highest BCUT2D eigenvalue weighted by atomic mass is 127. The van der Waals surface area contributed by atoms with Crippen LogP contribution in [-0.4, -0.2) is 22.6 Å². The fraction of sp³-hybridized carbons (Fsp3) is 0.103. The minimum Gasteiger partial charge on any atom is -0.490 e. The van der Waals surface area contributed by atoms with Gasteiger partial charge in [0.15, 0.2) is 16.7 Å². The van der Waals surface area contributed by atoms with E-state index < -0.39 is 4.92 Å². The van der Waals surface area contributed by atoms with Crippen molar-refractivity contribution in [2.24, 2.45) is 4.99 Å². The number of fused-ring (bicyclic) bond motifs is 1. The van der Waals surface area contributed by atoms with E-state index >= 15 is 0 Å². The van der Waals surface area contributed by atoms with Crippen LogP contribution in [0.3, 0.4) is 0 Å². The Morgan fingerprint density at radius 1 is 1.10 bits per heavy atom. The molecule has 4 aromatic rings. The van der Waals surface area contributed by atoms with Crippen molar-refractivity contribution >= 4 is 89.6 Å². The maximum absolute atomic E-state index is 12.7. The van der Waals surface area contributed by atoms with Gasteiger partial charge in [-0.15, -0.1) is 0 Å². The number of rotatable bonds is 8. The molecule has 0 bridgehead atoms. The molecule has 0 spiro atoms. The number of amides is 1. The van der Waals surface area contributed by atoms with E-state index in [9.17, 15) is 14.9 Å². The van der Waals surface area contributed by atoms with Gasteiger partial charge in [0.25, 0.3) is 11.6 Å². The topological polar surface area (TPSA) is 103 Å². The highest BCUT2D eigenvalue weighted by Gasteiger charge is 2.25. The normalized spacial score (nSPS) is 15.0. The first-order chi connectivity index (χ1) is 19.3. The summed E-state index contributed by atoms with van der Waals surface area (Å²) in [5.74, 6) is 0.950. The summed E-state index contributed by atoms with van der Waals surface area (Å²) in [6.45, 7) is 2.75. The van der Waals surface area contributed by atoms with E-state index in [-0.39, 0.29) is 11.6 Å². The quantitative estimate of drug-likeness (QED) is 0.0854. The molecule has 1 fully saturated rings. The number of aliphatic imine (C=N–C) groups is 1. The zero-order chi connectivity index (χ0) is 28.2. The summed E-state index contributed by atoms with van der Waals surface area (Å²) in [6.07, 6.45) is 1.77. The molecule has 1 aliphatic rings. The van der Waals surface area contributed by atoms with Crippen molar-refractivity contribution in [2.75, 3.05) is 6.61 Å². The summed E-state index contributed by atoms with van der Waals surface area (Å²) in [6, 6.07) is 22.4. The Labute approximate surface area is 256 Å². The average Bonchev–Trinajstić information content (AvgIpc) is 3.27. The number of amidine groups is 1. The van der Waals surface area contributed by atoms with Crippen molar-refractivity contribution in [2.45, 2.75) is 13.5 Å². The van der Waals surface area contributed by atoms with Crippen LogP contribution in [0.4, 0.5) is 11.4 Å². The Balaban J connectivity index is 1.38. The number of nitrogens with one attached hydrogen (secondary N) is 1. The number of carbonyl (C=O) groups is 1. The fourth-order valence-electron chi connectivity index (χ4n) is 4.08. The predicted molar refractivity (Wildman–Crippen MR) is 170 cm³/mol. The van der Waals surface area contributed by atoms with Crippen LogP contribution < -0.4 is 14.8 Å². The summed E-state index contributed by atoms with van der Waals surface area (Å²) in [5.41, 5.74) is 2.27. The first-order valence-electron chi connectivity index (χ1n) is 12.1. The number of hydrogen-bond acceptors (Lipinski definition) is 7. The third kappa shape index (κ3) is 6.31. The maximum Gasteiger partial charge on any atom is 0.270 e. The van der Waals surface area contributed by atoms with Crippen molar-refractivity contribution in [3.63, 3.8) is 0 Å². The lowest BCUT2D eigenvalue weighted by Crippen LogP contribution is -2.19. The Hall–Kier alpha value is -3.42. The molecule has 4 aromatic carbocycles. The van der Waals surface area contributed by atoms with Gasteiger partial charge in [0.1, 0.15) is 6.61 Å². The number of thioether (sulfide) groups is 1. The van der Waals surface area contributed by atoms with Crippen LogP contribution in [0, 0.1) is 13.7 Å². The number of nitro benzene ring substituents is 1. The molecule has 0 aliphatic carbocycles. The second-order valence-corrected chi connectivity index (χ2v) is 11.6. The lowest BCUT2D eigenvalue weighted by Gasteiger charge is -2.16. The number of nitro groups is 1. The largest absolute Gasteiger partial charge is 0.490 e. The summed E-state index contributed by atoms with van der Waals surface area (Å²) >= 11 is 6.71. The molecule has 0 aromatic heterocycles. The monoisotopic (exact) mass is 729 g/mol. The average molecular weight is 730 g/mol. The van der Waals surface area contributed by atoms with Crippen LogP contribution in [-0.2, 0) is 11.4 Å². The molecule has 5 rings (SSSR count). The summed E-state index contributed by atoms with van der Waals surface area (Å²) < 4.78 is 13.5. The smallest absolute Gasteiger partial charge is 0.270 e. The van der Waals surface area contributed by atoms with Gasteiger partial charge in [0.05, 0.1) is 30.2 Å².